The molecule has 0 aliphatic carbocycles. The lowest BCUT2D eigenvalue weighted by atomic mass is 9.87. The van der Waals surface area contributed by atoms with E-state index in [0.29, 0.717) is 19.8 Å². The highest BCUT2D eigenvalue weighted by atomic mass is 31.2. The third-order valence-corrected chi connectivity index (χ3v) is 3.50. The molecule has 3 heterocycles. The molecule has 68 valence electrons. The van der Waals surface area contributed by atoms with E-state index in [1.807, 2.05) is 0 Å². The minimum atomic E-state index is -3.13. The number of hydrogen-bond donors (Lipinski definition) is 0. The van der Waals surface area contributed by atoms with Crippen molar-refractivity contribution in [3.63, 3.8) is 0 Å². The summed E-state index contributed by atoms with van der Waals surface area (Å²) < 4.78 is 26.2. The van der Waals surface area contributed by atoms with Crippen LogP contribution in [-0.4, -0.2) is 19.8 Å². The van der Waals surface area contributed by atoms with Gasteiger partial charge in [0.05, 0.1) is 19.8 Å². The normalized spacial score (nSPS) is 46.0. The molecule has 2 bridgehead atoms. The molecule has 0 saturated carbocycles. The fourth-order valence-electron chi connectivity index (χ4n) is 1.37. The highest BCUT2D eigenvalue weighted by Gasteiger charge is 2.49. The molecule has 0 amide bonds. The first-order valence-electron chi connectivity index (χ1n) is 3.83. The molecule has 0 N–H and O–H groups in total. The Morgan fingerprint density at radius 1 is 1.33 bits per heavy atom. The van der Waals surface area contributed by atoms with Gasteiger partial charge in [0, 0.05) is 5.41 Å². The van der Waals surface area contributed by atoms with E-state index in [2.05, 4.69) is 6.58 Å². The molecular weight excluding hydrogens is 179 g/mol. The Morgan fingerprint density at radius 3 is 2.25 bits per heavy atom. The Balaban J connectivity index is 2.14. The average Bonchev–Trinajstić information content (AvgIpc) is 2.08. The van der Waals surface area contributed by atoms with Crippen LogP contribution in [0.25, 0.3) is 0 Å². The van der Waals surface area contributed by atoms with Gasteiger partial charge in [0.15, 0.2) is 0 Å². The summed E-state index contributed by atoms with van der Waals surface area (Å²) in [6, 6.07) is 0. The SMILES string of the molecule is C=CCC12COP(=O)(OC1)OC2. The third kappa shape index (κ3) is 1.25. The zero-order valence-electron chi connectivity index (χ0n) is 6.69. The Morgan fingerprint density at radius 2 is 1.83 bits per heavy atom. The number of phosphoric ester groups is 1. The van der Waals surface area contributed by atoms with Gasteiger partial charge in [0.1, 0.15) is 0 Å². The van der Waals surface area contributed by atoms with Gasteiger partial charge in [-0.3, -0.25) is 13.6 Å². The van der Waals surface area contributed by atoms with Crippen LogP contribution in [0.15, 0.2) is 12.7 Å². The molecule has 4 nitrogen and oxygen atoms in total. The minimum absolute atomic E-state index is 0.145. The van der Waals surface area contributed by atoms with Gasteiger partial charge >= 0.3 is 7.82 Å². The fourth-order valence-corrected chi connectivity index (χ4v) is 2.89. The predicted molar refractivity (Wildman–Crippen MR) is 42.7 cm³/mol. The van der Waals surface area contributed by atoms with Crippen LogP contribution < -0.4 is 0 Å². The Hall–Kier alpha value is -0.150. The first-order chi connectivity index (χ1) is 5.68. The maximum absolute atomic E-state index is 11.3. The number of fused-ring (bicyclic) bond motifs is 3. The average molecular weight is 190 g/mol. The molecule has 3 aliphatic rings. The molecule has 0 aromatic rings. The smallest absolute Gasteiger partial charge is 0.286 e. The van der Waals surface area contributed by atoms with E-state index in [1.165, 1.54) is 0 Å². The molecule has 3 rings (SSSR count). The van der Waals surface area contributed by atoms with Crippen LogP contribution in [0.3, 0.4) is 0 Å². The second kappa shape index (κ2) is 2.67. The summed E-state index contributed by atoms with van der Waals surface area (Å²) in [5.74, 6) is 0. The monoisotopic (exact) mass is 190 g/mol. The molecular formula is C7H11O4P. The maximum atomic E-state index is 11.3. The lowest BCUT2D eigenvalue weighted by Gasteiger charge is -2.43. The van der Waals surface area contributed by atoms with E-state index in [1.54, 1.807) is 6.08 Å². The molecule has 0 radical (unpaired) electrons. The van der Waals surface area contributed by atoms with Gasteiger partial charge in [-0.1, -0.05) is 6.08 Å². The Kier molecular flexibility index (Phi) is 1.88. The van der Waals surface area contributed by atoms with E-state index < -0.39 is 7.82 Å². The van der Waals surface area contributed by atoms with Crippen molar-refractivity contribution in [2.24, 2.45) is 5.41 Å². The maximum Gasteiger partial charge on any atom is 0.474 e. The van der Waals surface area contributed by atoms with Crippen molar-refractivity contribution in [1.29, 1.82) is 0 Å². The quantitative estimate of drug-likeness (QED) is 0.491. The summed E-state index contributed by atoms with van der Waals surface area (Å²) in [6.45, 7) is 5.01. The Labute approximate surface area is 71.1 Å². The van der Waals surface area contributed by atoms with Gasteiger partial charge in [0.2, 0.25) is 0 Å². The zero-order valence-corrected chi connectivity index (χ0v) is 7.59. The second-order valence-electron chi connectivity index (χ2n) is 3.26. The van der Waals surface area contributed by atoms with Gasteiger partial charge in [-0.25, -0.2) is 4.57 Å². The standard InChI is InChI=1S/C7H11O4P/c1-2-3-7-4-9-12(8,10-5-7)11-6-7/h2H,1,3-6H2. The van der Waals surface area contributed by atoms with Crippen molar-refractivity contribution in [2.45, 2.75) is 6.42 Å². The first-order valence-corrected chi connectivity index (χ1v) is 5.29. The first kappa shape index (κ1) is 8.45. The van der Waals surface area contributed by atoms with Crippen LogP contribution in [0.1, 0.15) is 6.42 Å². The molecule has 0 aromatic heterocycles. The predicted octanol–water partition coefficient (Wildman–Crippen LogP) is 1.73. The molecule has 5 heteroatoms. The van der Waals surface area contributed by atoms with Gasteiger partial charge < -0.3 is 0 Å². The van der Waals surface area contributed by atoms with E-state index in [0.717, 1.165) is 6.42 Å². The van der Waals surface area contributed by atoms with Crippen LogP contribution in [0, 0.1) is 5.41 Å². The fraction of sp³-hybridized carbons (Fsp3) is 0.714. The van der Waals surface area contributed by atoms with Crippen molar-refractivity contribution in [3.8, 4) is 0 Å². The number of allylic oxidation sites excluding steroid dienone is 1. The van der Waals surface area contributed by atoms with Crippen LogP contribution >= 0.6 is 7.82 Å². The molecule has 3 saturated heterocycles. The van der Waals surface area contributed by atoms with Gasteiger partial charge in [0.25, 0.3) is 0 Å². The molecule has 0 aromatic carbocycles. The van der Waals surface area contributed by atoms with E-state index in [-0.39, 0.29) is 5.41 Å². The largest absolute Gasteiger partial charge is 0.474 e. The highest BCUT2D eigenvalue weighted by molar-refractivity contribution is 7.48. The third-order valence-electron chi connectivity index (χ3n) is 2.16. The molecule has 3 fully saturated rings. The van der Waals surface area contributed by atoms with Crippen LogP contribution in [0.4, 0.5) is 0 Å². The van der Waals surface area contributed by atoms with Crippen molar-refractivity contribution in [2.75, 3.05) is 19.8 Å². The summed E-state index contributed by atoms with van der Waals surface area (Å²) in [5, 5.41) is 0. The molecule has 12 heavy (non-hydrogen) atoms. The van der Waals surface area contributed by atoms with Crippen LogP contribution in [-0.2, 0) is 18.1 Å². The van der Waals surface area contributed by atoms with Gasteiger partial charge in [-0.2, -0.15) is 0 Å². The van der Waals surface area contributed by atoms with Gasteiger partial charge in [-0.05, 0) is 6.42 Å². The van der Waals surface area contributed by atoms with Crippen molar-refractivity contribution in [1.82, 2.24) is 0 Å². The summed E-state index contributed by atoms with van der Waals surface area (Å²) in [4.78, 5) is 0. The summed E-state index contributed by atoms with van der Waals surface area (Å²) in [6.07, 6.45) is 2.57. The number of hydrogen-bond acceptors (Lipinski definition) is 4. The molecule has 0 unspecified atom stereocenters. The molecule has 0 spiro atoms. The van der Waals surface area contributed by atoms with E-state index in [9.17, 15) is 4.57 Å². The minimum Gasteiger partial charge on any atom is -0.286 e. The molecule has 3 aliphatic heterocycles. The number of rotatable bonds is 2. The van der Waals surface area contributed by atoms with Crippen molar-refractivity contribution in [3.05, 3.63) is 12.7 Å². The van der Waals surface area contributed by atoms with Gasteiger partial charge in [-0.15, -0.1) is 6.58 Å². The summed E-state index contributed by atoms with van der Waals surface area (Å²) >= 11 is 0. The Bertz CT molecular complexity index is 219. The second-order valence-corrected chi connectivity index (χ2v) is 4.93. The zero-order chi connectivity index (χ0) is 8.66. The summed E-state index contributed by atoms with van der Waals surface area (Å²) in [7, 11) is -3.13. The number of phosphoric acid groups is 1. The lowest BCUT2D eigenvalue weighted by Crippen LogP contribution is -2.44. The molecule has 0 atom stereocenters. The summed E-state index contributed by atoms with van der Waals surface area (Å²) in [5.41, 5.74) is -0.145. The highest BCUT2D eigenvalue weighted by Crippen LogP contribution is 2.60. The van der Waals surface area contributed by atoms with Crippen LogP contribution in [0.2, 0.25) is 0 Å². The van der Waals surface area contributed by atoms with Crippen LogP contribution in [0.5, 0.6) is 0 Å². The van der Waals surface area contributed by atoms with Crippen molar-refractivity contribution >= 4 is 7.82 Å². The van der Waals surface area contributed by atoms with E-state index in [4.69, 9.17) is 13.6 Å². The van der Waals surface area contributed by atoms with E-state index >= 15 is 0 Å². The lowest BCUT2D eigenvalue weighted by molar-refractivity contribution is -0.0920. The van der Waals surface area contributed by atoms with Crippen molar-refractivity contribution < 1.29 is 18.1 Å². The topological polar surface area (TPSA) is 44.8 Å².